The molecule has 1 N–H and O–H groups in total. The van der Waals surface area contributed by atoms with Crippen molar-refractivity contribution in [1.29, 1.82) is 0 Å². The lowest BCUT2D eigenvalue weighted by molar-refractivity contribution is -0.137. The van der Waals surface area contributed by atoms with Gasteiger partial charge in [-0.3, -0.25) is 4.79 Å². The quantitative estimate of drug-likeness (QED) is 0.829. The molecule has 0 bridgehead atoms. The molecule has 2 aromatic rings. The van der Waals surface area contributed by atoms with Crippen LogP contribution < -0.4 is 0 Å². The van der Waals surface area contributed by atoms with Crippen molar-refractivity contribution < 1.29 is 23.1 Å². The van der Waals surface area contributed by atoms with Gasteiger partial charge in [-0.05, 0) is 41.5 Å². The van der Waals surface area contributed by atoms with E-state index in [0.29, 0.717) is 5.56 Å². The molecule has 23 heavy (non-hydrogen) atoms. The van der Waals surface area contributed by atoms with Crippen molar-refractivity contribution >= 4 is 17.9 Å². The molecule has 0 spiro atoms. The number of ketones is 1. The Balaban J connectivity index is 2.11. The van der Waals surface area contributed by atoms with Gasteiger partial charge in [0.2, 0.25) is 0 Å². The number of hydrogen-bond acceptors (Lipinski definition) is 2. The van der Waals surface area contributed by atoms with Crippen LogP contribution in [0.5, 0.6) is 5.75 Å². The Hall–Kier alpha value is -2.82. The van der Waals surface area contributed by atoms with Crippen molar-refractivity contribution in [2.45, 2.75) is 6.18 Å². The fourth-order valence-electron chi connectivity index (χ4n) is 1.89. The van der Waals surface area contributed by atoms with E-state index in [1.807, 2.05) is 0 Å². The topological polar surface area (TPSA) is 37.3 Å². The number of allylic oxidation sites excluding steroid dienone is 2. The predicted octanol–water partition coefficient (Wildman–Crippen LogP) is 4.71. The van der Waals surface area contributed by atoms with E-state index in [0.717, 1.165) is 18.2 Å². The average Bonchev–Trinajstić information content (AvgIpc) is 2.52. The van der Waals surface area contributed by atoms with E-state index in [1.165, 1.54) is 42.5 Å². The second kappa shape index (κ2) is 6.96. The monoisotopic (exact) mass is 318 g/mol. The molecule has 0 saturated carbocycles. The number of hydrogen-bond donors (Lipinski definition) is 1. The SMILES string of the molecule is O=C(/C=C/c1ccc(O)cc1)/C=C/c1ccccc1C(F)(F)F. The molecule has 0 aliphatic carbocycles. The third-order valence-electron chi connectivity index (χ3n) is 3.03. The van der Waals surface area contributed by atoms with Crippen molar-refractivity contribution in [3.8, 4) is 5.75 Å². The number of benzene rings is 2. The highest BCUT2D eigenvalue weighted by Crippen LogP contribution is 2.32. The van der Waals surface area contributed by atoms with Crippen LogP contribution in [0.25, 0.3) is 12.2 Å². The van der Waals surface area contributed by atoms with Crippen LogP contribution in [-0.2, 0) is 11.0 Å². The summed E-state index contributed by atoms with van der Waals surface area (Å²) in [7, 11) is 0. The molecule has 2 rings (SSSR count). The van der Waals surface area contributed by atoms with Crippen LogP contribution in [0.4, 0.5) is 13.2 Å². The van der Waals surface area contributed by atoms with Gasteiger partial charge in [-0.2, -0.15) is 13.2 Å². The van der Waals surface area contributed by atoms with Crippen molar-refractivity contribution in [3.05, 3.63) is 77.4 Å². The number of phenols is 1. The Morgan fingerprint density at radius 1 is 0.913 bits per heavy atom. The van der Waals surface area contributed by atoms with Gasteiger partial charge in [0.1, 0.15) is 5.75 Å². The van der Waals surface area contributed by atoms with Crippen LogP contribution in [0.15, 0.2) is 60.7 Å². The number of alkyl halides is 3. The minimum absolute atomic E-state index is 0.0635. The summed E-state index contributed by atoms with van der Waals surface area (Å²) in [6, 6.07) is 11.2. The van der Waals surface area contributed by atoms with Gasteiger partial charge in [-0.1, -0.05) is 42.5 Å². The van der Waals surface area contributed by atoms with Gasteiger partial charge in [0.25, 0.3) is 0 Å². The molecular weight excluding hydrogens is 305 g/mol. The van der Waals surface area contributed by atoms with Gasteiger partial charge in [0, 0.05) is 0 Å². The van der Waals surface area contributed by atoms with E-state index >= 15 is 0 Å². The molecule has 0 amide bonds. The average molecular weight is 318 g/mol. The van der Waals surface area contributed by atoms with Gasteiger partial charge in [0.15, 0.2) is 5.78 Å². The third kappa shape index (κ3) is 4.85. The van der Waals surface area contributed by atoms with Gasteiger partial charge >= 0.3 is 6.18 Å². The minimum atomic E-state index is -4.47. The molecule has 0 radical (unpaired) electrons. The Bertz CT molecular complexity index is 742. The van der Waals surface area contributed by atoms with Gasteiger partial charge in [-0.25, -0.2) is 0 Å². The molecule has 0 aliphatic heterocycles. The summed E-state index contributed by atoms with van der Waals surface area (Å²) in [5.41, 5.74) is -0.154. The third-order valence-corrected chi connectivity index (χ3v) is 3.03. The standard InChI is InChI=1S/C18H13F3O2/c19-18(20,21)17-4-2-1-3-14(17)8-12-16(23)11-7-13-5-9-15(22)10-6-13/h1-12,22H/b11-7+,12-8+. The first-order valence-electron chi connectivity index (χ1n) is 6.71. The zero-order chi connectivity index (χ0) is 16.9. The Morgan fingerprint density at radius 3 is 2.17 bits per heavy atom. The van der Waals surface area contributed by atoms with Crippen LogP contribution in [-0.4, -0.2) is 10.9 Å². The highest BCUT2D eigenvalue weighted by molar-refractivity contribution is 6.04. The van der Waals surface area contributed by atoms with Crippen molar-refractivity contribution in [2.75, 3.05) is 0 Å². The molecule has 5 heteroatoms. The summed E-state index contributed by atoms with van der Waals surface area (Å²) in [5.74, 6) is -0.327. The van der Waals surface area contributed by atoms with E-state index < -0.39 is 17.5 Å². The summed E-state index contributed by atoms with van der Waals surface area (Å²) >= 11 is 0. The predicted molar refractivity (Wildman–Crippen MR) is 82.6 cm³/mol. The molecular formula is C18H13F3O2. The molecule has 118 valence electrons. The lowest BCUT2D eigenvalue weighted by Gasteiger charge is -2.09. The smallest absolute Gasteiger partial charge is 0.416 e. The molecule has 0 heterocycles. The summed E-state index contributed by atoms with van der Waals surface area (Å²) in [6.07, 6.45) is 0.528. The van der Waals surface area contributed by atoms with Crippen LogP contribution >= 0.6 is 0 Å². The fraction of sp³-hybridized carbons (Fsp3) is 0.0556. The number of halogens is 3. The maximum atomic E-state index is 12.8. The van der Waals surface area contributed by atoms with E-state index in [2.05, 4.69) is 0 Å². The Morgan fingerprint density at radius 2 is 1.52 bits per heavy atom. The van der Waals surface area contributed by atoms with E-state index in [-0.39, 0.29) is 11.3 Å². The number of phenolic OH excluding ortho intramolecular Hbond substituents is 1. The van der Waals surface area contributed by atoms with Crippen molar-refractivity contribution in [1.82, 2.24) is 0 Å². The van der Waals surface area contributed by atoms with Gasteiger partial charge in [0.05, 0.1) is 5.56 Å². The van der Waals surface area contributed by atoms with E-state index in [4.69, 9.17) is 5.11 Å². The molecule has 0 unspecified atom stereocenters. The minimum Gasteiger partial charge on any atom is -0.508 e. The molecule has 0 saturated heterocycles. The van der Waals surface area contributed by atoms with E-state index in [1.54, 1.807) is 12.1 Å². The first-order valence-corrected chi connectivity index (χ1v) is 6.71. The number of carbonyl (C=O) groups is 1. The van der Waals surface area contributed by atoms with Crippen molar-refractivity contribution in [2.24, 2.45) is 0 Å². The first-order chi connectivity index (χ1) is 10.9. The zero-order valence-electron chi connectivity index (χ0n) is 11.9. The fourth-order valence-corrected chi connectivity index (χ4v) is 1.89. The number of rotatable bonds is 4. The van der Waals surface area contributed by atoms with Gasteiger partial charge < -0.3 is 5.11 Å². The number of carbonyl (C=O) groups excluding carboxylic acids is 1. The second-order valence-electron chi connectivity index (χ2n) is 4.75. The molecule has 0 fully saturated rings. The number of aromatic hydroxyl groups is 1. The van der Waals surface area contributed by atoms with Crippen LogP contribution in [0.2, 0.25) is 0 Å². The highest BCUT2D eigenvalue weighted by Gasteiger charge is 2.32. The first kappa shape index (κ1) is 16.5. The summed E-state index contributed by atoms with van der Waals surface area (Å²) in [4.78, 5) is 11.7. The molecule has 2 aromatic carbocycles. The lowest BCUT2D eigenvalue weighted by atomic mass is 10.1. The van der Waals surface area contributed by atoms with Crippen LogP contribution in [0, 0.1) is 0 Å². The Kier molecular flexibility index (Phi) is 5.01. The van der Waals surface area contributed by atoms with Crippen LogP contribution in [0.1, 0.15) is 16.7 Å². The summed E-state index contributed by atoms with van der Waals surface area (Å²) < 4.78 is 38.5. The van der Waals surface area contributed by atoms with Gasteiger partial charge in [-0.15, -0.1) is 0 Å². The largest absolute Gasteiger partial charge is 0.508 e. The molecule has 0 aromatic heterocycles. The lowest BCUT2D eigenvalue weighted by Crippen LogP contribution is -2.06. The zero-order valence-corrected chi connectivity index (χ0v) is 11.9. The molecule has 2 nitrogen and oxygen atoms in total. The maximum absolute atomic E-state index is 12.8. The van der Waals surface area contributed by atoms with Crippen molar-refractivity contribution in [3.63, 3.8) is 0 Å². The van der Waals surface area contributed by atoms with E-state index in [9.17, 15) is 18.0 Å². The summed E-state index contributed by atoms with van der Waals surface area (Å²) in [5, 5.41) is 9.14. The summed E-state index contributed by atoms with van der Waals surface area (Å²) in [6.45, 7) is 0. The highest BCUT2D eigenvalue weighted by atomic mass is 19.4. The Labute approximate surface area is 131 Å². The molecule has 0 atom stereocenters. The maximum Gasteiger partial charge on any atom is 0.416 e. The van der Waals surface area contributed by atoms with Crippen LogP contribution in [0.3, 0.4) is 0 Å². The molecule has 0 aliphatic rings. The second-order valence-corrected chi connectivity index (χ2v) is 4.75. The normalized spacial score (nSPS) is 12.1.